The maximum Gasteiger partial charge on any atom is 0.252 e. The molecule has 0 bridgehead atoms. The maximum atomic E-state index is 12.1. The summed E-state index contributed by atoms with van der Waals surface area (Å²) in [6.07, 6.45) is 4.95. The van der Waals surface area contributed by atoms with E-state index in [-0.39, 0.29) is 5.91 Å². The molecule has 1 amide bonds. The largest absolute Gasteiger partial charge is 0.486 e. The zero-order valence-corrected chi connectivity index (χ0v) is 12.3. The molecule has 1 aromatic heterocycles. The molecule has 5 nitrogen and oxygen atoms in total. The number of anilines is 1. The number of aromatic nitrogens is 1. The van der Waals surface area contributed by atoms with E-state index in [1.54, 1.807) is 19.3 Å². The van der Waals surface area contributed by atoms with Crippen LogP contribution in [0.2, 0.25) is 0 Å². The Morgan fingerprint density at radius 1 is 1.33 bits per heavy atom. The second kappa shape index (κ2) is 5.97. The van der Waals surface area contributed by atoms with Crippen LogP contribution in [0.15, 0.2) is 35.9 Å². The minimum Gasteiger partial charge on any atom is -0.486 e. The van der Waals surface area contributed by atoms with Crippen molar-refractivity contribution in [3.63, 3.8) is 0 Å². The van der Waals surface area contributed by atoms with Crippen LogP contribution in [0.3, 0.4) is 0 Å². The van der Waals surface area contributed by atoms with Crippen molar-refractivity contribution in [2.24, 2.45) is 0 Å². The monoisotopic (exact) mass is 302 g/mol. The van der Waals surface area contributed by atoms with Gasteiger partial charge < -0.3 is 9.47 Å². The average Bonchev–Trinajstić information content (AvgIpc) is 3.06. The second-order valence-corrected chi connectivity index (χ2v) is 5.32. The van der Waals surface area contributed by atoms with Gasteiger partial charge in [-0.05, 0) is 23.8 Å². The summed E-state index contributed by atoms with van der Waals surface area (Å²) < 4.78 is 11.0. The van der Waals surface area contributed by atoms with Crippen LogP contribution in [-0.2, 0) is 4.79 Å². The first-order chi connectivity index (χ1) is 10.2. The number of carbonyl (C=O) groups is 1. The molecule has 0 saturated carbocycles. The number of carbonyl (C=O) groups excluding carboxylic acids is 1. The Morgan fingerprint density at radius 3 is 2.90 bits per heavy atom. The lowest BCUT2D eigenvalue weighted by Crippen LogP contribution is -2.23. The molecule has 0 saturated heterocycles. The first-order valence-corrected chi connectivity index (χ1v) is 7.37. The zero-order chi connectivity index (χ0) is 14.7. The fraction of sp³-hybridized carbons (Fsp3) is 0.200. The third kappa shape index (κ3) is 3.05. The Bertz CT molecular complexity index is 668. The summed E-state index contributed by atoms with van der Waals surface area (Å²) in [6.45, 7) is 1.12. The fourth-order valence-corrected chi connectivity index (χ4v) is 2.53. The second-order valence-electron chi connectivity index (χ2n) is 4.45. The Balaban J connectivity index is 1.72. The van der Waals surface area contributed by atoms with Crippen LogP contribution in [-0.4, -0.2) is 31.2 Å². The van der Waals surface area contributed by atoms with Crippen molar-refractivity contribution in [2.75, 3.05) is 25.2 Å². The van der Waals surface area contributed by atoms with E-state index in [9.17, 15) is 4.79 Å². The Hall–Kier alpha value is -2.34. The van der Waals surface area contributed by atoms with Crippen molar-refractivity contribution in [1.82, 2.24) is 4.98 Å². The fourth-order valence-electron chi connectivity index (χ4n) is 1.92. The van der Waals surface area contributed by atoms with Gasteiger partial charge in [0, 0.05) is 24.7 Å². The minimum atomic E-state index is -0.125. The number of ether oxygens (including phenoxy) is 2. The molecule has 21 heavy (non-hydrogen) atoms. The normalized spacial score (nSPS) is 13.4. The number of likely N-dealkylation sites (N-methyl/N-ethyl adjacent to an activating group) is 1. The van der Waals surface area contributed by atoms with Crippen molar-refractivity contribution < 1.29 is 14.3 Å². The molecule has 3 rings (SSSR count). The molecule has 0 radical (unpaired) electrons. The summed E-state index contributed by atoms with van der Waals surface area (Å²) >= 11 is 1.42. The molecule has 6 heteroatoms. The summed E-state index contributed by atoms with van der Waals surface area (Å²) in [6, 6.07) is 5.60. The molecule has 1 aliphatic heterocycles. The lowest BCUT2D eigenvalue weighted by Gasteiger charge is -2.18. The van der Waals surface area contributed by atoms with Crippen molar-refractivity contribution in [3.8, 4) is 11.5 Å². The highest BCUT2D eigenvalue weighted by molar-refractivity contribution is 7.13. The van der Waals surface area contributed by atoms with Gasteiger partial charge in [-0.3, -0.25) is 9.69 Å². The van der Waals surface area contributed by atoms with Gasteiger partial charge in [0.1, 0.15) is 13.2 Å². The number of benzene rings is 1. The van der Waals surface area contributed by atoms with E-state index in [1.807, 2.05) is 23.6 Å². The predicted octanol–water partition coefficient (Wildman–Crippen LogP) is 2.59. The molecular weight excluding hydrogens is 288 g/mol. The number of hydrogen-bond acceptors (Lipinski definition) is 5. The van der Waals surface area contributed by atoms with Gasteiger partial charge in [0.05, 0.1) is 0 Å². The number of amides is 1. The van der Waals surface area contributed by atoms with Crippen molar-refractivity contribution in [1.29, 1.82) is 0 Å². The van der Waals surface area contributed by atoms with Gasteiger partial charge in [0.25, 0.3) is 5.91 Å². The molecule has 2 aromatic rings. The van der Waals surface area contributed by atoms with Gasteiger partial charge in [-0.15, -0.1) is 11.3 Å². The smallest absolute Gasteiger partial charge is 0.252 e. The van der Waals surface area contributed by atoms with Crippen LogP contribution in [0.5, 0.6) is 11.5 Å². The molecule has 1 aliphatic rings. The maximum absolute atomic E-state index is 12.1. The molecule has 0 spiro atoms. The lowest BCUT2D eigenvalue weighted by atomic mass is 10.2. The van der Waals surface area contributed by atoms with Crippen LogP contribution < -0.4 is 14.4 Å². The first kappa shape index (κ1) is 13.6. The molecule has 1 aromatic carbocycles. The number of fused-ring (bicyclic) bond motifs is 1. The summed E-state index contributed by atoms with van der Waals surface area (Å²) in [5.41, 5.74) is 0.889. The van der Waals surface area contributed by atoms with Gasteiger partial charge in [-0.25, -0.2) is 4.98 Å². The topological polar surface area (TPSA) is 51.7 Å². The van der Waals surface area contributed by atoms with Crippen LogP contribution in [0.25, 0.3) is 6.08 Å². The SMILES string of the molecule is CN(C(=O)/C=C/c1ccc2c(c1)OCCO2)c1nccs1. The van der Waals surface area contributed by atoms with E-state index in [2.05, 4.69) is 4.98 Å². The molecule has 0 unspecified atom stereocenters. The Labute approximate surface area is 126 Å². The van der Waals surface area contributed by atoms with Crippen molar-refractivity contribution in [2.45, 2.75) is 0 Å². The first-order valence-electron chi connectivity index (χ1n) is 6.49. The van der Waals surface area contributed by atoms with E-state index in [0.29, 0.717) is 24.1 Å². The highest BCUT2D eigenvalue weighted by Crippen LogP contribution is 2.31. The van der Waals surface area contributed by atoms with E-state index in [0.717, 1.165) is 11.3 Å². The van der Waals surface area contributed by atoms with Crippen molar-refractivity contribution >= 4 is 28.5 Å². The van der Waals surface area contributed by atoms with Gasteiger partial charge in [-0.2, -0.15) is 0 Å². The third-order valence-corrected chi connectivity index (χ3v) is 3.87. The zero-order valence-electron chi connectivity index (χ0n) is 11.5. The van der Waals surface area contributed by atoms with Gasteiger partial charge in [-0.1, -0.05) is 6.07 Å². The van der Waals surface area contributed by atoms with Crippen molar-refractivity contribution in [3.05, 3.63) is 41.4 Å². The number of thiazole rings is 1. The molecule has 0 N–H and O–H groups in total. The van der Waals surface area contributed by atoms with Crippen LogP contribution >= 0.6 is 11.3 Å². The standard InChI is InChI=1S/C15H14N2O3S/c1-17(15-16-6-9-21-15)14(18)5-3-11-2-4-12-13(10-11)20-8-7-19-12/h2-6,9-10H,7-8H2,1H3/b5-3+. The number of rotatable bonds is 3. The quantitative estimate of drug-likeness (QED) is 0.818. The van der Waals surface area contributed by atoms with Gasteiger partial charge >= 0.3 is 0 Å². The molecule has 0 atom stereocenters. The molecular formula is C15H14N2O3S. The highest BCUT2D eigenvalue weighted by Gasteiger charge is 2.12. The van der Waals surface area contributed by atoms with E-state index in [1.165, 1.54) is 22.3 Å². The number of nitrogens with zero attached hydrogens (tertiary/aromatic N) is 2. The van der Waals surface area contributed by atoms with E-state index in [4.69, 9.17) is 9.47 Å². The summed E-state index contributed by atoms with van der Waals surface area (Å²) in [5, 5.41) is 2.51. The van der Waals surface area contributed by atoms with Crippen LogP contribution in [0.4, 0.5) is 5.13 Å². The predicted molar refractivity (Wildman–Crippen MR) is 82.0 cm³/mol. The molecule has 2 heterocycles. The Morgan fingerprint density at radius 2 is 2.14 bits per heavy atom. The van der Waals surface area contributed by atoms with Crippen LogP contribution in [0.1, 0.15) is 5.56 Å². The average molecular weight is 302 g/mol. The van der Waals surface area contributed by atoms with Gasteiger partial charge in [0.15, 0.2) is 16.6 Å². The summed E-state index contributed by atoms with van der Waals surface area (Å²) in [4.78, 5) is 17.7. The highest BCUT2D eigenvalue weighted by atomic mass is 32.1. The van der Waals surface area contributed by atoms with E-state index < -0.39 is 0 Å². The summed E-state index contributed by atoms with van der Waals surface area (Å²) in [5.74, 6) is 1.33. The molecule has 0 fully saturated rings. The van der Waals surface area contributed by atoms with Crippen LogP contribution in [0, 0.1) is 0 Å². The van der Waals surface area contributed by atoms with E-state index >= 15 is 0 Å². The summed E-state index contributed by atoms with van der Waals surface area (Å²) in [7, 11) is 1.70. The number of hydrogen-bond donors (Lipinski definition) is 0. The lowest BCUT2D eigenvalue weighted by molar-refractivity contribution is -0.113. The Kier molecular flexibility index (Phi) is 3.87. The minimum absolute atomic E-state index is 0.125. The third-order valence-electron chi connectivity index (χ3n) is 3.02. The molecule has 0 aliphatic carbocycles. The van der Waals surface area contributed by atoms with Gasteiger partial charge in [0.2, 0.25) is 0 Å². The molecule has 108 valence electrons.